The molecule has 0 aliphatic rings. The lowest BCUT2D eigenvalue weighted by Gasteiger charge is -2.10. The second-order valence-electron chi connectivity index (χ2n) is 3.54. The average Bonchev–Trinajstić information content (AvgIpc) is 2.33. The summed E-state index contributed by atoms with van der Waals surface area (Å²) in [5.41, 5.74) is 8.26. The predicted octanol–water partition coefficient (Wildman–Crippen LogP) is 3.69. The first-order valence-electron chi connectivity index (χ1n) is 5.06. The van der Waals surface area contributed by atoms with Gasteiger partial charge in [0.15, 0.2) is 5.15 Å². The number of nitrogen functional groups attached to an aromatic ring is 1. The number of nitrogens with two attached hydrogens (primary N) is 1. The summed E-state index contributed by atoms with van der Waals surface area (Å²) >= 11 is 9.18. The quantitative estimate of drug-likeness (QED) is 0.850. The Morgan fingerprint density at radius 3 is 2.71 bits per heavy atom. The Kier molecular flexibility index (Phi) is 3.86. The van der Waals surface area contributed by atoms with Crippen LogP contribution in [0.2, 0.25) is 5.15 Å². The molecule has 1 aromatic heterocycles. The highest BCUT2D eigenvalue weighted by atomic mass is 79.9. The van der Waals surface area contributed by atoms with Crippen LogP contribution in [0.5, 0.6) is 0 Å². The zero-order chi connectivity index (χ0) is 12.3. The Hall–Kier alpha value is -1.26. The lowest BCUT2D eigenvalue weighted by atomic mass is 10.2. The number of pyridine rings is 1. The number of nitrogens with zero attached hydrogens (tertiary/aromatic N) is 1. The highest BCUT2D eigenvalue weighted by Gasteiger charge is 2.06. The van der Waals surface area contributed by atoms with E-state index in [0.29, 0.717) is 22.0 Å². The van der Waals surface area contributed by atoms with Crippen molar-refractivity contribution >= 4 is 38.9 Å². The molecule has 0 saturated carbocycles. The fraction of sp³-hybridized carbons (Fsp3) is 0.0833. The Morgan fingerprint density at radius 2 is 2.00 bits per heavy atom. The fourth-order valence-electron chi connectivity index (χ4n) is 1.43. The summed E-state index contributed by atoms with van der Waals surface area (Å²) in [6.07, 6.45) is 0. The van der Waals surface area contributed by atoms with E-state index in [9.17, 15) is 0 Å². The largest absolute Gasteiger partial charge is 0.395 e. The van der Waals surface area contributed by atoms with E-state index in [-0.39, 0.29) is 0 Å². The van der Waals surface area contributed by atoms with Crippen LogP contribution in [-0.2, 0) is 6.54 Å². The fourth-order valence-corrected chi connectivity index (χ4v) is 2.13. The minimum absolute atomic E-state index is 0.301. The number of benzene rings is 1. The summed E-state index contributed by atoms with van der Waals surface area (Å²) in [4.78, 5) is 4.01. The minimum Gasteiger partial charge on any atom is -0.395 e. The predicted molar refractivity (Wildman–Crippen MR) is 75.1 cm³/mol. The van der Waals surface area contributed by atoms with Crippen LogP contribution < -0.4 is 11.1 Å². The normalized spacial score (nSPS) is 10.2. The van der Waals surface area contributed by atoms with Crippen molar-refractivity contribution in [1.82, 2.24) is 4.98 Å². The van der Waals surface area contributed by atoms with Crippen LogP contribution in [0.3, 0.4) is 0 Å². The molecule has 0 radical (unpaired) electrons. The summed E-state index contributed by atoms with van der Waals surface area (Å²) in [6, 6.07) is 11.9. The van der Waals surface area contributed by atoms with Crippen LogP contribution in [0.25, 0.3) is 0 Å². The third-order valence-electron chi connectivity index (χ3n) is 2.31. The third-order valence-corrected chi connectivity index (χ3v) is 3.00. The van der Waals surface area contributed by atoms with Crippen LogP contribution in [0, 0.1) is 0 Å². The summed E-state index contributed by atoms with van der Waals surface area (Å²) in [5.74, 6) is 0. The van der Waals surface area contributed by atoms with Crippen LogP contribution in [0.4, 0.5) is 11.4 Å². The molecule has 0 atom stereocenters. The molecule has 0 unspecified atom stereocenters. The Bertz CT molecular complexity index is 517. The summed E-state index contributed by atoms with van der Waals surface area (Å²) in [7, 11) is 0. The molecule has 0 bridgehead atoms. The zero-order valence-corrected chi connectivity index (χ0v) is 11.3. The Labute approximate surface area is 113 Å². The lowest BCUT2D eigenvalue weighted by Crippen LogP contribution is -2.03. The number of hydrogen-bond donors (Lipinski definition) is 2. The second-order valence-corrected chi connectivity index (χ2v) is 4.71. The van der Waals surface area contributed by atoms with Gasteiger partial charge < -0.3 is 11.1 Å². The van der Waals surface area contributed by atoms with Gasteiger partial charge in [-0.3, -0.25) is 0 Å². The first-order chi connectivity index (χ1) is 8.16. The number of nitrogens with one attached hydrogen (secondary N) is 1. The maximum absolute atomic E-state index is 5.89. The van der Waals surface area contributed by atoms with Crippen molar-refractivity contribution in [3.8, 4) is 0 Å². The third kappa shape index (κ3) is 3.11. The van der Waals surface area contributed by atoms with Gasteiger partial charge in [-0.25, -0.2) is 4.98 Å². The van der Waals surface area contributed by atoms with E-state index in [1.165, 1.54) is 5.56 Å². The Balaban J connectivity index is 2.14. The molecule has 3 N–H and O–H groups in total. The van der Waals surface area contributed by atoms with E-state index >= 15 is 0 Å². The van der Waals surface area contributed by atoms with Gasteiger partial charge in [0.05, 0.1) is 11.4 Å². The number of aromatic nitrogens is 1. The first kappa shape index (κ1) is 12.2. The lowest BCUT2D eigenvalue weighted by molar-refractivity contribution is 1.14. The topological polar surface area (TPSA) is 50.9 Å². The average molecular weight is 313 g/mol. The molecule has 88 valence electrons. The van der Waals surface area contributed by atoms with Crippen molar-refractivity contribution in [1.29, 1.82) is 0 Å². The number of hydrogen-bond acceptors (Lipinski definition) is 3. The molecule has 0 fully saturated rings. The molecule has 5 heteroatoms. The highest BCUT2D eigenvalue weighted by Crippen LogP contribution is 2.28. The monoisotopic (exact) mass is 311 g/mol. The molecule has 0 aliphatic heterocycles. The Morgan fingerprint density at radius 1 is 1.29 bits per heavy atom. The summed E-state index contributed by atoms with van der Waals surface area (Å²) in [6.45, 7) is 0.692. The van der Waals surface area contributed by atoms with Gasteiger partial charge in [-0.1, -0.05) is 41.9 Å². The SMILES string of the molecule is Nc1c(NCc2ccccc2)cc(Br)nc1Cl. The molecule has 0 amide bonds. The number of rotatable bonds is 3. The molecule has 1 aromatic carbocycles. The summed E-state index contributed by atoms with van der Waals surface area (Å²) in [5, 5.41) is 3.53. The molecule has 3 nitrogen and oxygen atoms in total. The van der Waals surface area contributed by atoms with Crippen LogP contribution in [0.15, 0.2) is 41.0 Å². The van der Waals surface area contributed by atoms with E-state index in [4.69, 9.17) is 17.3 Å². The van der Waals surface area contributed by atoms with Crippen molar-refractivity contribution in [2.75, 3.05) is 11.1 Å². The molecule has 17 heavy (non-hydrogen) atoms. The molecule has 0 saturated heterocycles. The van der Waals surface area contributed by atoms with E-state index in [0.717, 1.165) is 5.69 Å². The van der Waals surface area contributed by atoms with Gasteiger partial charge in [-0.05, 0) is 27.6 Å². The molecule has 0 aliphatic carbocycles. The van der Waals surface area contributed by atoms with Gasteiger partial charge >= 0.3 is 0 Å². The van der Waals surface area contributed by atoms with E-state index in [1.807, 2.05) is 36.4 Å². The minimum atomic E-state index is 0.301. The molecular weight excluding hydrogens is 302 g/mol. The number of halogens is 2. The molecule has 0 spiro atoms. The van der Waals surface area contributed by atoms with E-state index in [1.54, 1.807) is 0 Å². The van der Waals surface area contributed by atoms with Gasteiger partial charge in [0.2, 0.25) is 0 Å². The van der Waals surface area contributed by atoms with Crippen LogP contribution >= 0.6 is 27.5 Å². The smallest absolute Gasteiger partial charge is 0.155 e. The van der Waals surface area contributed by atoms with Crippen molar-refractivity contribution < 1.29 is 0 Å². The van der Waals surface area contributed by atoms with Gasteiger partial charge in [-0.2, -0.15) is 0 Å². The van der Waals surface area contributed by atoms with Gasteiger partial charge in [0.1, 0.15) is 4.60 Å². The van der Waals surface area contributed by atoms with Crippen LogP contribution in [0.1, 0.15) is 5.56 Å². The molecule has 1 heterocycles. The van der Waals surface area contributed by atoms with Gasteiger partial charge in [-0.15, -0.1) is 0 Å². The molecule has 2 rings (SSSR count). The van der Waals surface area contributed by atoms with Crippen molar-refractivity contribution in [2.45, 2.75) is 6.54 Å². The van der Waals surface area contributed by atoms with Crippen LogP contribution in [-0.4, -0.2) is 4.98 Å². The van der Waals surface area contributed by atoms with Gasteiger partial charge in [0, 0.05) is 6.54 Å². The summed E-state index contributed by atoms with van der Waals surface area (Å²) < 4.78 is 0.660. The van der Waals surface area contributed by atoms with Gasteiger partial charge in [0.25, 0.3) is 0 Å². The maximum Gasteiger partial charge on any atom is 0.155 e. The zero-order valence-electron chi connectivity index (χ0n) is 8.95. The maximum atomic E-state index is 5.89. The van der Waals surface area contributed by atoms with Crippen molar-refractivity contribution in [3.05, 3.63) is 51.7 Å². The molecular formula is C12H11BrClN3. The first-order valence-corrected chi connectivity index (χ1v) is 6.23. The van der Waals surface area contributed by atoms with Crippen molar-refractivity contribution in [2.24, 2.45) is 0 Å². The molecule has 2 aromatic rings. The standard InChI is InChI=1S/C12H11BrClN3/c13-10-6-9(11(15)12(14)17-10)16-7-8-4-2-1-3-5-8/h1-6H,7,15H2,(H,16,17). The van der Waals surface area contributed by atoms with Crippen molar-refractivity contribution in [3.63, 3.8) is 0 Å². The van der Waals surface area contributed by atoms with E-state index < -0.39 is 0 Å². The number of anilines is 2. The van der Waals surface area contributed by atoms with E-state index in [2.05, 4.69) is 26.2 Å². The highest BCUT2D eigenvalue weighted by molar-refractivity contribution is 9.10. The second kappa shape index (κ2) is 5.38.